The number of benzene rings is 2. The summed E-state index contributed by atoms with van der Waals surface area (Å²) in [5.41, 5.74) is 0.528. The van der Waals surface area contributed by atoms with Crippen molar-refractivity contribution in [1.82, 2.24) is 10.2 Å². The molecule has 2 aromatic carbocycles. The lowest BCUT2D eigenvalue weighted by molar-refractivity contribution is -0.143. The van der Waals surface area contributed by atoms with Gasteiger partial charge in [0.05, 0.1) is 0 Å². The van der Waals surface area contributed by atoms with Crippen molar-refractivity contribution in [2.45, 2.75) is 39.8 Å². The minimum Gasteiger partial charge on any atom is -0.481 e. The van der Waals surface area contributed by atoms with Crippen molar-refractivity contribution in [2.24, 2.45) is 5.92 Å². The Balaban J connectivity index is 2.28. The van der Waals surface area contributed by atoms with Gasteiger partial charge >= 0.3 is 0 Å². The van der Waals surface area contributed by atoms with Crippen molar-refractivity contribution in [3.05, 3.63) is 63.9 Å². The highest BCUT2D eigenvalue weighted by molar-refractivity contribution is 6.36. The predicted molar refractivity (Wildman–Crippen MR) is 121 cm³/mol. The molecule has 2 amide bonds. The fraction of sp³-hybridized carbons (Fsp3) is 0.391. The van der Waals surface area contributed by atoms with Gasteiger partial charge < -0.3 is 15.0 Å². The van der Waals surface area contributed by atoms with E-state index >= 15 is 0 Å². The number of amides is 2. The second-order valence-electron chi connectivity index (χ2n) is 7.50. The van der Waals surface area contributed by atoms with E-state index in [-0.39, 0.29) is 24.1 Å². The first-order chi connectivity index (χ1) is 14.7. The summed E-state index contributed by atoms with van der Waals surface area (Å²) in [7, 11) is 0. The standard InChI is InChI=1S/C23H27Cl2FN2O3/c1-4-20(23(30)27-12-15(2)3)28(13-16-17(24)8-7-9-18(16)25)22(29)14-31-21-11-6-5-10-19(21)26/h5-11,15,20H,4,12-14H2,1-3H3,(H,27,30)/t20-/m1/s1. The van der Waals surface area contributed by atoms with E-state index in [0.29, 0.717) is 28.6 Å². The van der Waals surface area contributed by atoms with Crippen LogP contribution in [-0.4, -0.2) is 35.9 Å². The van der Waals surface area contributed by atoms with E-state index in [9.17, 15) is 14.0 Å². The number of carbonyl (C=O) groups excluding carboxylic acids is 2. The third kappa shape index (κ3) is 7.11. The number of nitrogens with zero attached hydrogens (tertiary/aromatic N) is 1. The monoisotopic (exact) mass is 468 g/mol. The van der Waals surface area contributed by atoms with Gasteiger partial charge in [-0.3, -0.25) is 9.59 Å². The highest BCUT2D eigenvalue weighted by atomic mass is 35.5. The quantitative estimate of drug-likeness (QED) is 0.528. The van der Waals surface area contributed by atoms with Gasteiger partial charge in [-0.25, -0.2) is 4.39 Å². The van der Waals surface area contributed by atoms with Crippen molar-refractivity contribution in [2.75, 3.05) is 13.2 Å². The first-order valence-corrected chi connectivity index (χ1v) is 10.9. The molecule has 1 N–H and O–H groups in total. The zero-order valence-electron chi connectivity index (χ0n) is 17.8. The third-order valence-electron chi connectivity index (χ3n) is 4.65. The number of para-hydroxylation sites is 1. The maximum atomic E-state index is 13.9. The Morgan fingerprint density at radius 3 is 2.32 bits per heavy atom. The number of rotatable bonds is 10. The minimum atomic E-state index is -0.761. The van der Waals surface area contributed by atoms with Crippen molar-refractivity contribution in [1.29, 1.82) is 0 Å². The molecule has 0 saturated carbocycles. The lowest BCUT2D eigenvalue weighted by Gasteiger charge is -2.31. The maximum absolute atomic E-state index is 13.9. The summed E-state index contributed by atoms with van der Waals surface area (Å²) < 4.78 is 19.3. The lowest BCUT2D eigenvalue weighted by atomic mass is 10.1. The molecule has 31 heavy (non-hydrogen) atoms. The average molecular weight is 469 g/mol. The fourth-order valence-corrected chi connectivity index (χ4v) is 3.50. The van der Waals surface area contributed by atoms with Crippen molar-refractivity contribution >= 4 is 35.0 Å². The van der Waals surface area contributed by atoms with Crippen LogP contribution in [0, 0.1) is 11.7 Å². The predicted octanol–water partition coefficient (Wildman–Crippen LogP) is 5.09. The van der Waals surface area contributed by atoms with Crippen LogP contribution in [0.3, 0.4) is 0 Å². The molecule has 2 rings (SSSR count). The van der Waals surface area contributed by atoms with E-state index in [0.717, 1.165) is 0 Å². The summed E-state index contributed by atoms with van der Waals surface area (Å²) in [5, 5.41) is 3.64. The molecule has 0 radical (unpaired) electrons. The molecule has 0 aliphatic heterocycles. The summed E-state index contributed by atoms with van der Waals surface area (Å²) in [6, 6.07) is 10.1. The van der Waals surface area contributed by atoms with Crippen LogP contribution >= 0.6 is 23.2 Å². The molecular formula is C23H27Cl2FN2O3. The Labute approximate surface area is 192 Å². The molecule has 5 nitrogen and oxygen atoms in total. The number of ether oxygens (including phenoxy) is 1. The summed E-state index contributed by atoms with van der Waals surface area (Å²) in [5.74, 6) is -1.11. The number of halogens is 3. The minimum absolute atomic E-state index is 0.0194. The Morgan fingerprint density at radius 2 is 1.74 bits per heavy atom. The molecule has 0 spiro atoms. The van der Waals surface area contributed by atoms with E-state index in [4.69, 9.17) is 27.9 Å². The summed E-state index contributed by atoms with van der Waals surface area (Å²) in [6.07, 6.45) is 0.372. The van der Waals surface area contributed by atoms with Crippen LogP contribution in [0.15, 0.2) is 42.5 Å². The SMILES string of the molecule is CC[C@H](C(=O)NCC(C)C)N(Cc1c(Cl)cccc1Cl)C(=O)COc1ccccc1F. The first-order valence-electron chi connectivity index (χ1n) is 10.1. The summed E-state index contributed by atoms with van der Waals surface area (Å²) >= 11 is 12.6. The Hall–Kier alpha value is -2.31. The Kier molecular flexibility index (Phi) is 9.59. The highest BCUT2D eigenvalue weighted by Crippen LogP contribution is 2.27. The fourth-order valence-electron chi connectivity index (χ4n) is 2.98. The molecule has 1 atom stereocenters. The largest absolute Gasteiger partial charge is 0.481 e. The molecule has 8 heteroatoms. The lowest BCUT2D eigenvalue weighted by Crippen LogP contribution is -2.50. The number of hydrogen-bond acceptors (Lipinski definition) is 3. The zero-order chi connectivity index (χ0) is 23.0. The normalized spacial score (nSPS) is 11.8. The van der Waals surface area contributed by atoms with E-state index in [1.165, 1.54) is 23.1 Å². The molecule has 0 aliphatic rings. The number of nitrogens with one attached hydrogen (secondary N) is 1. The van der Waals surface area contributed by atoms with E-state index < -0.39 is 24.4 Å². The highest BCUT2D eigenvalue weighted by Gasteiger charge is 2.30. The van der Waals surface area contributed by atoms with E-state index in [1.807, 2.05) is 20.8 Å². The van der Waals surface area contributed by atoms with Crippen LogP contribution in [0.5, 0.6) is 5.75 Å². The molecular weight excluding hydrogens is 442 g/mol. The molecule has 0 fully saturated rings. The zero-order valence-corrected chi connectivity index (χ0v) is 19.3. The van der Waals surface area contributed by atoms with Gasteiger partial charge in [-0.2, -0.15) is 0 Å². The third-order valence-corrected chi connectivity index (χ3v) is 5.36. The molecule has 0 saturated heterocycles. The Morgan fingerprint density at radius 1 is 1.10 bits per heavy atom. The van der Waals surface area contributed by atoms with E-state index in [2.05, 4.69) is 5.32 Å². The number of carbonyl (C=O) groups is 2. The molecule has 0 unspecified atom stereocenters. The van der Waals surface area contributed by atoms with Crippen LogP contribution in [0.1, 0.15) is 32.8 Å². The molecule has 0 aromatic heterocycles. The summed E-state index contributed by atoms with van der Waals surface area (Å²) in [4.78, 5) is 27.3. The van der Waals surface area contributed by atoms with Crippen LogP contribution in [0.4, 0.5) is 4.39 Å². The van der Waals surface area contributed by atoms with Gasteiger partial charge in [0.2, 0.25) is 5.91 Å². The van der Waals surface area contributed by atoms with Crippen molar-refractivity contribution in [3.63, 3.8) is 0 Å². The van der Waals surface area contributed by atoms with Gasteiger partial charge in [0.15, 0.2) is 18.2 Å². The maximum Gasteiger partial charge on any atom is 0.261 e. The smallest absolute Gasteiger partial charge is 0.261 e. The van der Waals surface area contributed by atoms with Gasteiger partial charge in [0.1, 0.15) is 6.04 Å². The van der Waals surface area contributed by atoms with Crippen LogP contribution < -0.4 is 10.1 Å². The van der Waals surface area contributed by atoms with Gasteiger partial charge in [-0.05, 0) is 36.6 Å². The average Bonchev–Trinajstić information content (AvgIpc) is 2.73. The van der Waals surface area contributed by atoms with E-state index in [1.54, 1.807) is 24.3 Å². The second-order valence-corrected chi connectivity index (χ2v) is 8.32. The van der Waals surface area contributed by atoms with Crippen LogP contribution in [-0.2, 0) is 16.1 Å². The van der Waals surface area contributed by atoms with Gasteiger partial charge in [0.25, 0.3) is 5.91 Å². The van der Waals surface area contributed by atoms with Crippen LogP contribution in [0.2, 0.25) is 10.0 Å². The van der Waals surface area contributed by atoms with Gasteiger partial charge in [-0.15, -0.1) is 0 Å². The van der Waals surface area contributed by atoms with Crippen LogP contribution in [0.25, 0.3) is 0 Å². The molecule has 168 valence electrons. The van der Waals surface area contributed by atoms with Gasteiger partial charge in [0, 0.05) is 28.7 Å². The second kappa shape index (κ2) is 11.9. The van der Waals surface area contributed by atoms with Gasteiger partial charge in [-0.1, -0.05) is 62.2 Å². The molecule has 2 aromatic rings. The van der Waals surface area contributed by atoms with Crippen molar-refractivity contribution < 1.29 is 18.7 Å². The topological polar surface area (TPSA) is 58.6 Å². The first kappa shape index (κ1) is 25.0. The Bertz CT molecular complexity index is 888. The molecule has 0 heterocycles. The van der Waals surface area contributed by atoms with Crippen molar-refractivity contribution in [3.8, 4) is 5.75 Å². The molecule has 0 bridgehead atoms. The molecule has 0 aliphatic carbocycles. The summed E-state index contributed by atoms with van der Waals surface area (Å²) in [6.45, 7) is 5.84. The number of hydrogen-bond donors (Lipinski definition) is 1.